The highest BCUT2D eigenvalue weighted by Gasteiger charge is 2.18. The standard InChI is InChI=1S/C8H9N3OS/c12-6-3-1-2-5(4-6)7-9-8(13)11-10-7/h1-4,7,10,12H,(H2,9,11,13). The fourth-order valence-corrected chi connectivity index (χ4v) is 1.39. The third-order valence-electron chi connectivity index (χ3n) is 1.81. The number of thiocarbonyl (C=S) groups is 1. The van der Waals surface area contributed by atoms with Gasteiger partial charge in [0.1, 0.15) is 11.9 Å². The van der Waals surface area contributed by atoms with Crippen LogP contribution in [0.15, 0.2) is 24.3 Å². The molecular weight excluding hydrogens is 186 g/mol. The van der Waals surface area contributed by atoms with Crippen molar-refractivity contribution in [3.63, 3.8) is 0 Å². The molecule has 68 valence electrons. The van der Waals surface area contributed by atoms with Gasteiger partial charge in [0.25, 0.3) is 0 Å². The van der Waals surface area contributed by atoms with Crippen molar-refractivity contribution in [1.29, 1.82) is 0 Å². The van der Waals surface area contributed by atoms with Crippen LogP contribution in [0.3, 0.4) is 0 Å². The number of aromatic hydroxyl groups is 1. The van der Waals surface area contributed by atoms with Gasteiger partial charge in [0.15, 0.2) is 5.11 Å². The molecule has 0 amide bonds. The van der Waals surface area contributed by atoms with Gasteiger partial charge >= 0.3 is 0 Å². The minimum absolute atomic E-state index is 0.0698. The van der Waals surface area contributed by atoms with Gasteiger partial charge in [-0.05, 0) is 29.9 Å². The van der Waals surface area contributed by atoms with E-state index in [1.54, 1.807) is 18.2 Å². The molecule has 0 bridgehead atoms. The summed E-state index contributed by atoms with van der Waals surface area (Å²) in [5.74, 6) is 0.249. The van der Waals surface area contributed by atoms with E-state index in [4.69, 9.17) is 12.2 Å². The second kappa shape index (κ2) is 3.20. The number of rotatable bonds is 1. The first-order valence-electron chi connectivity index (χ1n) is 3.87. The Bertz CT molecular complexity index is 342. The van der Waals surface area contributed by atoms with Crippen LogP contribution in [0.2, 0.25) is 0 Å². The van der Waals surface area contributed by atoms with Crippen molar-refractivity contribution in [2.75, 3.05) is 0 Å². The van der Waals surface area contributed by atoms with Crippen LogP contribution in [0, 0.1) is 0 Å². The molecule has 4 nitrogen and oxygen atoms in total. The topological polar surface area (TPSA) is 56.3 Å². The number of benzene rings is 1. The van der Waals surface area contributed by atoms with Crippen molar-refractivity contribution < 1.29 is 5.11 Å². The van der Waals surface area contributed by atoms with Crippen molar-refractivity contribution in [1.82, 2.24) is 16.2 Å². The second-order valence-electron chi connectivity index (χ2n) is 2.77. The summed E-state index contributed by atoms with van der Waals surface area (Å²) in [5.41, 5.74) is 6.65. The Morgan fingerprint density at radius 1 is 1.38 bits per heavy atom. The van der Waals surface area contributed by atoms with E-state index in [1.807, 2.05) is 6.07 Å². The average Bonchev–Trinajstić information content (AvgIpc) is 2.52. The molecular formula is C8H9N3OS. The molecule has 1 aliphatic heterocycles. The Balaban J connectivity index is 2.21. The number of hydrazine groups is 1. The molecule has 1 heterocycles. The molecule has 2 rings (SSSR count). The minimum atomic E-state index is -0.0698. The summed E-state index contributed by atoms with van der Waals surface area (Å²) in [6.07, 6.45) is -0.0698. The Hall–Kier alpha value is -1.33. The van der Waals surface area contributed by atoms with Gasteiger partial charge in [-0.1, -0.05) is 12.1 Å². The molecule has 0 saturated carbocycles. The van der Waals surface area contributed by atoms with E-state index in [1.165, 1.54) is 0 Å². The third-order valence-corrected chi connectivity index (χ3v) is 2.03. The molecule has 1 aromatic carbocycles. The lowest BCUT2D eigenvalue weighted by molar-refractivity contribution is 0.471. The lowest BCUT2D eigenvalue weighted by Gasteiger charge is -2.09. The number of phenols is 1. The molecule has 1 unspecified atom stereocenters. The maximum absolute atomic E-state index is 9.23. The molecule has 4 N–H and O–H groups in total. The lowest BCUT2D eigenvalue weighted by Crippen LogP contribution is -2.26. The average molecular weight is 195 g/mol. The van der Waals surface area contributed by atoms with Crippen LogP contribution in [0.1, 0.15) is 11.7 Å². The first kappa shape index (κ1) is 8.28. The predicted octanol–water partition coefficient (Wildman–Crippen LogP) is 0.373. The summed E-state index contributed by atoms with van der Waals surface area (Å²) in [4.78, 5) is 0. The van der Waals surface area contributed by atoms with E-state index in [9.17, 15) is 5.11 Å². The molecule has 1 aliphatic rings. The monoisotopic (exact) mass is 195 g/mol. The molecule has 1 atom stereocenters. The van der Waals surface area contributed by atoms with Crippen LogP contribution in [0.25, 0.3) is 0 Å². The van der Waals surface area contributed by atoms with Crippen molar-refractivity contribution in [3.05, 3.63) is 29.8 Å². The van der Waals surface area contributed by atoms with E-state index in [-0.39, 0.29) is 11.9 Å². The maximum atomic E-state index is 9.23. The maximum Gasteiger partial charge on any atom is 0.182 e. The number of nitrogens with one attached hydrogen (secondary N) is 3. The van der Waals surface area contributed by atoms with E-state index >= 15 is 0 Å². The van der Waals surface area contributed by atoms with Crippen molar-refractivity contribution in [2.45, 2.75) is 6.17 Å². The molecule has 1 fully saturated rings. The van der Waals surface area contributed by atoms with Gasteiger partial charge in [0.2, 0.25) is 0 Å². The summed E-state index contributed by atoms with van der Waals surface area (Å²) < 4.78 is 0. The minimum Gasteiger partial charge on any atom is -0.508 e. The molecule has 1 aromatic rings. The van der Waals surface area contributed by atoms with Crippen LogP contribution >= 0.6 is 12.2 Å². The van der Waals surface area contributed by atoms with Crippen molar-refractivity contribution >= 4 is 17.3 Å². The number of hydrogen-bond acceptors (Lipinski definition) is 3. The zero-order chi connectivity index (χ0) is 9.26. The molecule has 0 radical (unpaired) electrons. The van der Waals surface area contributed by atoms with E-state index in [0.29, 0.717) is 5.11 Å². The predicted molar refractivity (Wildman–Crippen MR) is 52.9 cm³/mol. The summed E-state index contributed by atoms with van der Waals surface area (Å²) in [7, 11) is 0. The molecule has 13 heavy (non-hydrogen) atoms. The van der Waals surface area contributed by atoms with Crippen LogP contribution in [-0.4, -0.2) is 10.2 Å². The summed E-state index contributed by atoms with van der Waals surface area (Å²) in [6, 6.07) is 7.00. The highest BCUT2D eigenvalue weighted by atomic mass is 32.1. The Kier molecular flexibility index (Phi) is 2.03. The van der Waals surface area contributed by atoms with Gasteiger partial charge in [0, 0.05) is 0 Å². The summed E-state index contributed by atoms with van der Waals surface area (Å²) in [5, 5.41) is 12.8. The lowest BCUT2D eigenvalue weighted by atomic mass is 10.2. The number of phenolic OH excluding ortho intramolecular Hbond substituents is 1. The Morgan fingerprint density at radius 2 is 2.23 bits per heavy atom. The largest absolute Gasteiger partial charge is 0.508 e. The van der Waals surface area contributed by atoms with Gasteiger partial charge in [-0.15, -0.1) is 0 Å². The normalized spacial score (nSPS) is 20.9. The van der Waals surface area contributed by atoms with Crippen LogP contribution in [0.4, 0.5) is 0 Å². The third kappa shape index (κ3) is 1.71. The Labute approximate surface area is 80.9 Å². The van der Waals surface area contributed by atoms with E-state index in [0.717, 1.165) is 5.56 Å². The number of hydrogen-bond donors (Lipinski definition) is 4. The zero-order valence-corrected chi connectivity index (χ0v) is 7.56. The molecule has 1 saturated heterocycles. The summed E-state index contributed by atoms with van der Waals surface area (Å²) >= 11 is 4.88. The van der Waals surface area contributed by atoms with E-state index < -0.39 is 0 Å². The zero-order valence-electron chi connectivity index (χ0n) is 6.74. The van der Waals surface area contributed by atoms with Crippen LogP contribution < -0.4 is 16.2 Å². The quantitative estimate of drug-likeness (QED) is 0.488. The van der Waals surface area contributed by atoms with Gasteiger partial charge in [0.05, 0.1) is 0 Å². The highest BCUT2D eigenvalue weighted by Crippen LogP contribution is 2.17. The first-order chi connectivity index (χ1) is 6.25. The van der Waals surface area contributed by atoms with Crippen LogP contribution in [0.5, 0.6) is 5.75 Å². The smallest absolute Gasteiger partial charge is 0.182 e. The van der Waals surface area contributed by atoms with Crippen molar-refractivity contribution in [2.24, 2.45) is 0 Å². The van der Waals surface area contributed by atoms with Gasteiger partial charge in [-0.25, -0.2) is 5.43 Å². The molecule has 0 aromatic heterocycles. The summed E-state index contributed by atoms with van der Waals surface area (Å²) in [6.45, 7) is 0. The fraction of sp³-hybridized carbons (Fsp3) is 0.125. The SMILES string of the molecule is Oc1cccc(C2NNC(=S)N2)c1. The first-order valence-corrected chi connectivity index (χ1v) is 4.27. The highest BCUT2D eigenvalue weighted by molar-refractivity contribution is 7.80. The second-order valence-corrected chi connectivity index (χ2v) is 3.18. The van der Waals surface area contributed by atoms with Gasteiger partial charge < -0.3 is 10.4 Å². The van der Waals surface area contributed by atoms with E-state index in [2.05, 4.69) is 16.2 Å². The molecule has 5 heteroatoms. The van der Waals surface area contributed by atoms with Gasteiger partial charge in [-0.3, -0.25) is 5.43 Å². The van der Waals surface area contributed by atoms with Gasteiger partial charge in [-0.2, -0.15) is 0 Å². The van der Waals surface area contributed by atoms with Crippen LogP contribution in [-0.2, 0) is 0 Å². The Morgan fingerprint density at radius 3 is 2.85 bits per heavy atom. The molecule has 0 spiro atoms. The molecule has 0 aliphatic carbocycles. The van der Waals surface area contributed by atoms with Crippen molar-refractivity contribution in [3.8, 4) is 5.75 Å². The fourth-order valence-electron chi connectivity index (χ4n) is 1.21.